The Hall–Kier alpha value is -1.47. The Kier molecular flexibility index (Phi) is 7.68. The normalized spacial score (nSPS) is 21.9. The van der Waals surface area contributed by atoms with Crippen molar-refractivity contribution in [2.45, 2.75) is 25.3 Å². The second-order valence-electron chi connectivity index (χ2n) is 7.54. The summed E-state index contributed by atoms with van der Waals surface area (Å²) in [6, 6.07) is 6.05. The second-order valence-corrected chi connectivity index (χ2v) is 8.32. The summed E-state index contributed by atoms with van der Waals surface area (Å²) in [4.78, 5) is 20.6. The third-order valence-corrected chi connectivity index (χ3v) is 6.50. The highest BCUT2D eigenvalue weighted by atomic mass is 35.5. The van der Waals surface area contributed by atoms with Gasteiger partial charge in [-0.15, -0.1) is 12.4 Å². The van der Waals surface area contributed by atoms with E-state index in [1.54, 1.807) is 0 Å². The number of amides is 1. The number of aromatic nitrogens is 1. The Balaban J connectivity index is 0.00000240. The van der Waals surface area contributed by atoms with Crippen LogP contribution in [0.3, 0.4) is 0 Å². The van der Waals surface area contributed by atoms with Crippen molar-refractivity contribution in [2.24, 2.45) is 5.92 Å². The molecule has 0 spiro atoms. The smallest absolute Gasteiger partial charge is 0.307 e. The first-order chi connectivity index (χ1) is 13.6. The zero-order valence-electron chi connectivity index (χ0n) is 16.0. The Morgan fingerprint density at radius 1 is 1.21 bits per heavy atom. The monoisotopic (exact) mass is 458 g/mol. The highest BCUT2D eigenvalue weighted by molar-refractivity contribution is 6.43. The number of rotatable bonds is 6. The fourth-order valence-electron chi connectivity index (χ4n) is 3.99. The van der Waals surface area contributed by atoms with Gasteiger partial charge in [-0.2, -0.15) is 0 Å². The van der Waals surface area contributed by atoms with Crippen molar-refractivity contribution in [3.05, 3.63) is 46.6 Å². The number of nitrogens with zero attached hydrogens (tertiary/aromatic N) is 3. The van der Waals surface area contributed by atoms with Crippen molar-refractivity contribution in [2.75, 3.05) is 37.6 Å². The Labute approximate surface area is 186 Å². The van der Waals surface area contributed by atoms with E-state index < -0.39 is 0 Å². The molecule has 0 atom stereocenters. The molecule has 1 saturated carbocycles. The van der Waals surface area contributed by atoms with Crippen molar-refractivity contribution in [1.82, 2.24) is 15.2 Å². The number of nitrogens with one attached hydrogen (secondary N) is 1. The van der Waals surface area contributed by atoms with Gasteiger partial charge in [0.25, 0.3) is 5.89 Å². The van der Waals surface area contributed by atoms with E-state index in [0.29, 0.717) is 16.0 Å². The Morgan fingerprint density at radius 3 is 2.66 bits per heavy atom. The molecule has 2 fully saturated rings. The molecule has 1 aliphatic carbocycles. The van der Waals surface area contributed by atoms with Crippen molar-refractivity contribution in [1.29, 1.82) is 0 Å². The first-order valence-corrected chi connectivity index (χ1v) is 10.5. The number of piperazine rings is 1. The van der Waals surface area contributed by atoms with Crippen LogP contribution in [0.4, 0.5) is 5.69 Å². The topological polar surface area (TPSA) is 61.6 Å². The molecule has 1 N–H and O–H groups in total. The van der Waals surface area contributed by atoms with Crippen LogP contribution in [-0.2, 0) is 0 Å². The number of anilines is 1. The number of oxazole rings is 1. The molecule has 4 rings (SSSR count). The lowest BCUT2D eigenvalue weighted by Crippen LogP contribution is -2.48. The van der Waals surface area contributed by atoms with Crippen molar-refractivity contribution >= 4 is 47.2 Å². The fourth-order valence-corrected chi connectivity index (χ4v) is 4.40. The molecule has 0 bridgehead atoms. The highest BCUT2D eigenvalue weighted by Crippen LogP contribution is 2.33. The summed E-state index contributed by atoms with van der Waals surface area (Å²) in [5.74, 6) is 0.598. The second kappa shape index (κ2) is 10.0. The van der Waals surface area contributed by atoms with Gasteiger partial charge in [0.15, 0.2) is 0 Å². The minimum Gasteiger partial charge on any atom is -0.441 e. The predicted molar refractivity (Wildman–Crippen MR) is 117 cm³/mol. The molecule has 0 radical (unpaired) electrons. The van der Waals surface area contributed by atoms with Gasteiger partial charge in [-0.1, -0.05) is 29.3 Å². The minimum atomic E-state index is -0.218. The van der Waals surface area contributed by atoms with Crippen molar-refractivity contribution < 1.29 is 9.21 Å². The predicted octanol–water partition coefficient (Wildman–Crippen LogP) is 4.12. The maximum Gasteiger partial charge on any atom is 0.307 e. The Bertz CT molecular complexity index is 804. The molecular weight excluding hydrogens is 435 g/mol. The van der Waals surface area contributed by atoms with Crippen LogP contribution in [0.5, 0.6) is 0 Å². The van der Waals surface area contributed by atoms with Crippen LogP contribution < -0.4 is 10.2 Å². The third kappa shape index (κ3) is 5.37. The van der Waals surface area contributed by atoms with E-state index >= 15 is 0 Å². The maximum absolute atomic E-state index is 11.9. The van der Waals surface area contributed by atoms with Crippen LogP contribution in [0.25, 0.3) is 0 Å². The molecule has 2 heterocycles. The van der Waals surface area contributed by atoms with Gasteiger partial charge in [0, 0.05) is 32.2 Å². The van der Waals surface area contributed by atoms with Crippen molar-refractivity contribution in [3.63, 3.8) is 0 Å². The average molecular weight is 460 g/mol. The average Bonchev–Trinajstić information content (AvgIpc) is 3.21. The fraction of sp³-hybridized carbons (Fsp3) is 0.500. The van der Waals surface area contributed by atoms with E-state index in [4.69, 9.17) is 27.6 Å². The third-order valence-electron chi connectivity index (χ3n) is 5.70. The molecule has 158 valence electrons. The summed E-state index contributed by atoms with van der Waals surface area (Å²) in [6.07, 6.45) is 6.13. The lowest BCUT2D eigenvalue weighted by atomic mass is 9.78. The van der Waals surface area contributed by atoms with E-state index in [1.807, 2.05) is 18.2 Å². The maximum atomic E-state index is 11.9. The molecule has 0 unspecified atom stereocenters. The van der Waals surface area contributed by atoms with Crippen LogP contribution in [0.1, 0.15) is 29.9 Å². The first kappa shape index (κ1) is 22.2. The molecule has 1 amide bonds. The number of halogens is 3. The lowest BCUT2D eigenvalue weighted by molar-refractivity contribution is 0.0842. The molecule has 1 saturated heterocycles. The number of hydrogen-bond acceptors (Lipinski definition) is 5. The van der Waals surface area contributed by atoms with Crippen LogP contribution in [0.15, 0.2) is 35.1 Å². The highest BCUT2D eigenvalue weighted by Gasteiger charge is 2.31. The van der Waals surface area contributed by atoms with Gasteiger partial charge in [0.1, 0.15) is 6.26 Å². The van der Waals surface area contributed by atoms with Gasteiger partial charge < -0.3 is 14.6 Å². The van der Waals surface area contributed by atoms with E-state index in [2.05, 4.69) is 20.1 Å². The molecule has 6 nitrogen and oxygen atoms in total. The SMILES string of the molecule is Cl.O=C(N[C@H]1C[C@H](CCN2CCN(c3cccc(Cl)c3Cl)CC2)C1)c1ncco1. The quantitative estimate of drug-likeness (QED) is 0.704. The first-order valence-electron chi connectivity index (χ1n) is 9.72. The summed E-state index contributed by atoms with van der Waals surface area (Å²) in [7, 11) is 0. The molecule has 1 aliphatic heterocycles. The summed E-state index contributed by atoms with van der Waals surface area (Å²) in [5.41, 5.74) is 1.03. The summed E-state index contributed by atoms with van der Waals surface area (Å²) >= 11 is 12.5. The van der Waals surface area contributed by atoms with E-state index in [1.165, 1.54) is 18.9 Å². The molecule has 1 aromatic heterocycles. The van der Waals surface area contributed by atoms with Crippen LogP contribution >= 0.6 is 35.6 Å². The summed E-state index contributed by atoms with van der Waals surface area (Å²) < 4.78 is 5.02. The zero-order valence-corrected chi connectivity index (χ0v) is 18.3. The molecule has 1 aromatic carbocycles. The van der Waals surface area contributed by atoms with E-state index in [9.17, 15) is 4.79 Å². The molecule has 2 aromatic rings. The van der Waals surface area contributed by atoms with Crippen LogP contribution in [0, 0.1) is 5.92 Å². The number of carbonyl (C=O) groups is 1. The van der Waals surface area contributed by atoms with E-state index in [-0.39, 0.29) is 30.2 Å². The van der Waals surface area contributed by atoms with E-state index in [0.717, 1.165) is 51.3 Å². The van der Waals surface area contributed by atoms with Crippen LogP contribution in [-0.4, -0.2) is 54.6 Å². The summed E-state index contributed by atoms with van der Waals surface area (Å²) in [5, 5.41) is 4.23. The largest absolute Gasteiger partial charge is 0.441 e. The lowest BCUT2D eigenvalue weighted by Gasteiger charge is -2.39. The number of benzene rings is 1. The van der Waals surface area contributed by atoms with Gasteiger partial charge in [-0.3, -0.25) is 9.69 Å². The molecule has 2 aliphatic rings. The Morgan fingerprint density at radius 2 is 1.97 bits per heavy atom. The molecule has 9 heteroatoms. The van der Waals surface area contributed by atoms with Gasteiger partial charge >= 0.3 is 5.91 Å². The standard InChI is InChI=1S/C20H24Cl2N4O2.ClH/c21-16-2-1-3-17(18(16)22)26-9-7-25(8-10-26)6-4-14-12-15(13-14)24-19(27)20-23-5-11-28-20;/h1-3,5,11,14-15H,4,6-10,12-13H2,(H,24,27);1H/t14-,15-;. The zero-order chi connectivity index (χ0) is 19.5. The van der Waals surface area contributed by atoms with Gasteiger partial charge in [0.05, 0.1) is 21.9 Å². The van der Waals surface area contributed by atoms with Crippen molar-refractivity contribution in [3.8, 4) is 0 Å². The number of hydrogen-bond donors (Lipinski definition) is 1. The van der Waals surface area contributed by atoms with Gasteiger partial charge in [-0.25, -0.2) is 4.98 Å². The van der Waals surface area contributed by atoms with Gasteiger partial charge in [-0.05, 0) is 43.9 Å². The van der Waals surface area contributed by atoms with Gasteiger partial charge in [0.2, 0.25) is 0 Å². The van der Waals surface area contributed by atoms with Crippen LogP contribution in [0.2, 0.25) is 10.0 Å². The molecular formula is C20H25Cl3N4O2. The summed E-state index contributed by atoms with van der Waals surface area (Å²) in [6.45, 7) is 5.07. The number of carbonyl (C=O) groups excluding carboxylic acids is 1. The minimum absolute atomic E-state index is 0. The molecule has 29 heavy (non-hydrogen) atoms.